The Balaban J connectivity index is 1.72. The van der Waals surface area contributed by atoms with E-state index in [1.807, 2.05) is 30.5 Å². The van der Waals surface area contributed by atoms with Crippen LogP contribution in [0.25, 0.3) is 0 Å². The molecule has 6 heteroatoms. The van der Waals surface area contributed by atoms with E-state index in [0.717, 1.165) is 12.2 Å². The van der Waals surface area contributed by atoms with Gasteiger partial charge in [-0.1, -0.05) is 47.5 Å². The highest BCUT2D eigenvalue weighted by Gasteiger charge is 2.16. The van der Waals surface area contributed by atoms with Gasteiger partial charge >= 0.3 is 6.03 Å². The molecule has 5 nitrogen and oxygen atoms in total. The smallest absolute Gasteiger partial charge is 0.322 e. The van der Waals surface area contributed by atoms with Crippen LogP contribution >= 0.6 is 11.6 Å². The number of nitrogens with zero attached hydrogens (tertiary/aromatic N) is 2. The van der Waals surface area contributed by atoms with E-state index in [4.69, 9.17) is 16.3 Å². The molecule has 1 aromatic heterocycles. The number of urea groups is 1. The molecule has 3 aromatic rings. The lowest BCUT2D eigenvalue weighted by atomic mass is 10.1. The quantitative estimate of drug-likeness (QED) is 0.555. The number of hydrogen-bond donors (Lipinski definition) is 1. The SMILES string of the molecule is COCCN(Cc1cccn1Cc1ccc(C)cc1)C(=O)Nc1cccc(Cl)c1. The van der Waals surface area contributed by atoms with E-state index >= 15 is 0 Å². The Morgan fingerprint density at radius 1 is 1.14 bits per heavy atom. The summed E-state index contributed by atoms with van der Waals surface area (Å²) in [5.41, 5.74) is 4.19. The number of aromatic nitrogens is 1. The third-order valence-electron chi connectivity index (χ3n) is 4.68. The van der Waals surface area contributed by atoms with Crippen LogP contribution in [0.2, 0.25) is 5.02 Å². The molecule has 2 amide bonds. The molecule has 1 N–H and O–H groups in total. The first kappa shape index (κ1) is 21.0. The van der Waals surface area contributed by atoms with Gasteiger partial charge in [-0.15, -0.1) is 0 Å². The van der Waals surface area contributed by atoms with Gasteiger partial charge in [0, 0.05) is 42.8 Å². The van der Waals surface area contributed by atoms with Crippen molar-refractivity contribution in [3.05, 3.63) is 88.7 Å². The van der Waals surface area contributed by atoms with E-state index in [2.05, 4.69) is 41.1 Å². The second-order valence-electron chi connectivity index (χ2n) is 6.97. The van der Waals surface area contributed by atoms with Crippen molar-refractivity contribution in [3.8, 4) is 0 Å². The van der Waals surface area contributed by atoms with Gasteiger partial charge in [-0.2, -0.15) is 0 Å². The minimum atomic E-state index is -0.188. The molecule has 0 aliphatic heterocycles. The van der Waals surface area contributed by atoms with Crippen LogP contribution in [-0.4, -0.2) is 35.8 Å². The second kappa shape index (κ2) is 10.1. The Labute approximate surface area is 176 Å². The summed E-state index contributed by atoms with van der Waals surface area (Å²) >= 11 is 6.03. The third-order valence-corrected chi connectivity index (χ3v) is 4.91. The number of benzene rings is 2. The molecular formula is C23H26ClN3O2. The molecule has 152 valence electrons. The van der Waals surface area contributed by atoms with E-state index in [0.29, 0.717) is 30.4 Å². The van der Waals surface area contributed by atoms with Crippen molar-refractivity contribution in [2.45, 2.75) is 20.0 Å². The van der Waals surface area contributed by atoms with Crippen LogP contribution in [0.15, 0.2) is 66.9 Å². The van der Waals surface area contributed by atoms with Crippen LogP contribution in [0.4, 0.5) is 10.5 Å². The summed E-state index contributed by atoms with van der Waals surface area (Å²) in [6.45, 7) is 4.27. The standard InChI is InChI=1S/C23H26ClN3O2/c1-18-8-10-19(11-9-18)16-26-12-4-7-22(26)17-27(13-14-29-2)23(28)25-21-6-3-5-20(24)15-21/h3-12,15H,13-14,16-17H2,1-2H3,(H,25,28). The molecule has 0 saturated heterocycles. The predicted octanol–water partition coefficient (Wildman–Crippen LogP) is 5.18. The van der Waals surface area contributed by atoms with Crippen molar-refractivity contribution >= 4 is 23.3 Å². The summed E-state index contributed by atoms with van der Waals surface area (Å²) in [5, 5.41) is 3.50. The predicted molar refractivity (Wildman–Crippen MR) is 117 cm³/mol. The number of hydrogen-bond acceptors (Lipinski definition) is 2. The Bertz CT molecular complexity index is 937. The number of carbonyl (C=O) groups is 1. The van der Waals surface area contributed by atoms with Crippen LogP contribution in [0.1, 0.15) is 16.8 Å². The topological polar surface area (TPSA) is 46.5 Å². The number of aryl methyl sites for hydroxylation is 1. The Morgan fingerprint density at radius 3 is 2.66 bits per heavy atom. The van der Waals surface area contributed by atoms with Crippen LogP contribution in [-0.2, 0) is 17.8 Å². The summed E-state index contributed by atoms with van der Waals surface area (Å²) in [6, 6.07) is 19.5. The molecule has 0 radical (unpaired) electrons. The van der Waals surface area contributed by atoms with E-state index in [9.17, 15) is 4.79 Å². The lowest BCUT2D eigenvalue weighted by Gasteiger charge is -2.24. The summed E-state index contributed by atoms with van der Waals surface area (Å²) in [7, 11) is 1.63. The van der Waals surface area contributed by atoms with Gasteiger partial charge in [-0.3, -0.25) is 0 Å². The van der Waals surface area contributed by atoms with Gasteiger partial charge in [0.2, 0.25) is 0 Å². The Kier molecular flexibility index (Phi) is 7.33. The van der Waals surface area contributed by atoms with Gasteiger partial charge in [-0.05, 0) is 42.8 Å². The monoisotopic (exact) mass is 411 g/mol. The number of rotatable bonds is 8. The van der Waals surface area contributed by atoms with E-state index in [1.165, 1.54) is 11.1 Å². The van der Waals surface area contributed by atoms with Crippen molar-refractivity contribution in [2.75, 3.05) is 25.6 Å². The Hall–Kier alpha value is -2.76. The first-order chi connectivity index (χ1) is 14.0. The molecule has 0 aliphatic carbocycles. The molecule has 0 saturated carbocycles. The summed E-state index contributed by atoms with van der Waals surface area (Å²) < 4.78 is 7.36. The largest absolute Gasteiger partial charge is 0.383 e. The van der Waals surface area contributed by atoms with Gasteiger partial charge in [0.25, 0.3) is 0 Å². The maximum atomic E-state index is 12.9. The number of amides is 2. The minimum Gasteiger partial charge on any atom is -0.383 e. The zero-order valence-corrected chi connectivity index (χ0v) is 17.5. The fourth-order valence-corrected chi connectivity index (χ4v) is 3.25. The fourth-order valence-electron chi connectivity index (χ4n) is 3.06. The fraction of sp³-hybridized carbons (Fsp3) is 0.261. The van der Waals surface area contributed by atoms with Gasteiger partial charge < -0.3 is 19.5 Å². The highest BCUT2D eigenvalue weighted by Crippen LogP contribution is 2.17. The molecule has 0 aliphatic rings. The second-order valence-corrected chi connectivity index (χ2v) is 7.40. The van der Waals surface area contributed by atoms with Crippen molar-refractivity contribution in [1.29, 1.82) is 0 Å². The third kappa shape index (κ3) is 6.11. The zero-order chi connectivity index (χ0) is 20.6. The van der Waals surface area contributed by atoms with Crippen LogP contribution in [0, 0.1) is 6.92 Å². The van der Waals surface area contributed by atoms with E-state index in [1.54, 1.807) is 24.1 Å². The molecule has 29 heavy (non-hydrogen) atoms. The highest BCUT2D eigenvalue weighted by molar-refractivity contribution is 6.30. The number of halogens is 1. The zero-order valence-electron chi connectivity index (χ0n) is 16.8. The molecule has 0 unspecified atom stereocenters. The van der Waals surface area contributed by atoms with Gasteiger partial charge in [0.15, 0.2) is 0 Å². The number of anilines is 1. The summed E-state index contributed by atoms with van der Waals surface area (Å²) in [6.07, 6.45) is 2.04. The van der Waals surface area contributed by atoms with Crippen molar-refractivity contribution in [2.24, 2.45) is 0 Å². The molecule has 1 heterocycles. The number of ether oxygens (including phenoxy) is 1. The average molecular weight is 412 g/mol. The van der Waals surface area contributed by atoms with Gasteiger partial charge in [-0.25, -0.2) is 4.79 Å². The molecule has 2 aromatic carbocycles. The van der Waals surface area contributed by atoms with Crippen molar-refractivity contribution in [3.63, 3.8) is 0 Å². The van der Waals surface area contributed by atoms with Crippen molar-refractivity contribution in [1.82, 2.24) is 9.47 Å². The molecule has 0 atom stereocenters. The van der Waals surface area contributed by atoms with Gasteiger partial charge in [0.1, 0.15) is 0 Å². The summed E-state index contributed by atoms with van der Waals surface area (Å²) in [5.74, 6) is 0. The maximum absolute atomic E-state index is 12.9. The average Bonchev–Trinajstić information content (AvgIpc) is 3.13. The minimum absolute atomic E-state index is 0.188. The van der Waals surface area contributed by atoms with Crippen LogP contribution in [0.3, 0.4) is 0 Å². The number of nitrogens with one attached hydrogen (secondary N) is 1. The molecule has 0 bridgehead atoms. The van der Waals surface area contributed by atoms with Crippen LogP contribution in [0.5, 0.6) is 0 Å². The first-order valence-electron chi connectivity index (χ1n) is 9.55. The molecule has 0 spiro atoms. The normalized spacial score (nSPS) is 10.7. The Morgan fingerprint density at radius 2 is 1.93 bits per heavy atom. The summed E-state index contributed by atoms with van der Waals surface area (Å²) in [4.78, 5) is 14.6. The van der Waals surface area contributed by atoms with Crippen molar-refractivity contribution < 1.29 is 9.53 Å². The lowest BCUT2D eigenvalue weighted by molar-refractivity contribution is 0.152. The molecule has 0 fully saturated rings. The molecular weight excluding hydrogens is 386 g/mol. The first-order valence-corrected chi connectivity index (χ1v) is 9.93. The number of carbonyl (C=O) groups excluding carboxylic acids is 1. The molecule has 3 rings (SSSR count). The van der Waals surface area contributed by atoms with Crippen LogP contribution < -0.4 is 5.32 Å². The highest BCUT2D eigenvalue weighted by atomic mass is 35.5. The maximum Gasteiger partial charge on any atom is 0.322 e. The van der Waals surface area contributed by atoms with Gasteiger partial charge in [0.05, 0.1) is 13.2 Å². The lowest BCUT2D eigenvalue weighted by Crippen LogP contribution is -2.37. The van der Waals surface area contributed by atoms with E-state index in [-0.39, 0.29) is 6.03 Å². The number of methoxy groups -OCH3 is 1. The van der Waals surface area contributed by atoms with E-state index < -0.39 is 0 Å².